The standard InChI is InChI=1S/C30H41BP2.C5H10O2.Rh/c1-22(2)32(23(3)4)29-20-14-12-18-27(29)31(26-16-10-9-11-17-26)28-19-13-15-21-30(28)33(24(5)6)25(7)8;1-5(2,3)4(6)7;/h9-25H,1-8H3;1-3H3,(H,6,7);. The fraction of sp³-hybridized carbons (Fsp3) is 0.457. The van der Waals surface area contributed by atoms with E-state index in [9.17, 15) is 4.79 Å². The number of carboxylic acids is 1. The molecule has 0 fully saturated rings. The maximum atomic E-state index is 10.0. The largest absolute Gasteiger partial charge is 0.481 e. The molecule has 0 saturated carbocycles. The van der Waals surface area contributed by atoms with E-state index in [1.54, 1.807) is 31.4 Å². The number of carboxylic acid groups (broad SMARTS) is 1. The van der Waals surface area contributed by atoms with E-state index in [1.807, 2.05) is 0 Å². The minimum atomic E-state index is -0.757. The maximum absolute atomic E-state index is 10.0. The van der Waals surface area contributed by atoms with Gasteiger partial charge in [-0.05, 0) is 54.0 Å². The third-order valence-corrected chi connectivity index (χ3v) is 13.4. The van der Waals surface area contributed by atoms with Gasteiger partial charge in [0.05, 0.1) is 5.41 Å². The van der Waals surface area contributed by atoms with Crippen LogP contribution in [0.2, 0.25) is 0 Å². The third-order valence-electron chi connectivity index (χ3n) is 7.05. The minimum Gasteiger partial charge on any atom is -0.481 e. The van der Waals surface area contributed by atoms with Gasteiger partial charge in [0.1, 0.15) is 0 Å². The molecule has 2 nitrogen and oxygen atoms in total. The predicted molar refractivity (Wildman–Crippen MR) is 185 cm³/mol. The third kappa shape index (κ3) is 10.4. The van der Waals surface area contributed by atoms with Crippen LogP contribution in [0.4, 0.5) is 0 Å². The van der Waals surface area contributed by atoms with E-state index in [2.05, 4.69) is 134 Å². The van der Waals surface area contributed by atoms with E-state index < -0.39 is 11.4 Å². The number of benzene rings is 3. The summed E-state index contributed by atoms with van der Waals surface area (Å²) in [6.07, 6.45) is 0. The molecule has 0 aliphatic carbocycles. The molecule has 0 aliphatic heterocycles. The van der Waals surface area contributed by atoms with Gasteiger partial charge in [-0.2, -0.15) is 0 Å². The maximum Gasteiger partial charge on any atom is 0.308 e. The summed E-state index contributed by atoms with van der Waals surface area (Å²) in [5.74, 6) is -0.757. The Hall–Kier alpha value is -1.32. The second-order valence-corrected chi connectivity index (χ2v) is 19.4. The number of hydrogen-bond acceptors (Lipinski definition) is 1. The first-order chi connectivity index (χ1) is 18.7. The van der Waals surface area contributed by atoms with Crippen molar-refractivity contribution in [3.63, 3.8) is 0 Å². The number of carbonyl (C=O) groups is 1. The van der Waals surface area contributed by atoms with Crippen LogP contribution in [0.1, 0.15) is 76.2 Å². The average molecular weight is 679 g/mol. The summed E-state index contributed by atoms with van der Waals surface area (Å²) >= 11 is 0. The van der Waals surface area contributed by atoms with Gasteiger partial charge in [0.25, 0.3) is 0 Å². The summed E-state index contributed by atoms with van der Waals surface area (Å²) in [6, 6.07) is 29.9. The molecule has 0 atom stereocenters. The van der Waals surface area contributed by atoms with Gasteiger partial charge in [-0.1, -0.05) is 166 Å². The van der Waals surface area contributed by atoms with Crippen molar-refractivity contribution in [1.29, 1.82) is 0 Å². The second kappa shape index (κ2) is 17.1. The molecule has 0 amide bonds. The zero-order valence-corrected chi connectivity index (χ0v) is 30.4. The van der Waals surface area contributed by atoms with Crippen molar-refractivity contribution in [3.8, 4) is 0 Å². The zero-order valence-electron chi connectivity index (χ0n) is 27.0. The van der Waals surface area contributed by atoms with E-state index in [-0.39, 0.29) is 42.0 Å². The molecule has 0 aliphatic rings. The molecule has 1 N–H and O–H groups in total. The van der Waals surface area contributed by atoms with Gasteiger partial charge < -0.3 is 5.11 Å². The molecule has 0 aromatic heterocycles. The molecule has 3 aromatic carbocycles. The van der Waals surface area contributed by atoms with Crippen molar-refractivity contribution in [2.45, 2.75) is 98.8 Å². The molecule has 6 heteroatoms. The Kier molecular flexibility index (Phi) is 15.7. The Balaban J connectivity index is 0.000000933. The Morgan fingerprint density at radius 2 is 0.902 bits per heavy atom. The van der Waals surface area contributed by atoms with Crippen LogP contribution in [0.3, 0.4) is 0 Å². The van der Waals surface area contributed by atoms with Gasteiger partial charge in [-0.15, -0.1) is 0 Å². The van der Waals surface area contributed by atoms with Gasteiger partial charge in [-0.25, -0.2) is 0 Å². The average Bonchev–Trinajstić information content (AvgIpc) is 2.86. The van der Waals surface area contributed by atoms with Crippen LogP contribution in [-0.2, 0) is 24.3 Å². The molecule has 0 heterocycles. The second-order valence-electron chi connectivity index (χ2n) is 12.7. The Bertz CT molecular complexity index is 1130. The molecule has 0 spiro atoms. The van der Waals surface area contributed by atoms with E-state index in [0.29, 0.717) is 22.6 Å². The summed E-state index contributed by atoms with van der Waals surface area (Å²) < 4.78 is 0. The van der Waals surface area contributed by atoms with Crippen molar-refractivity contribution in [1.82, 2.24) is 0 Å². The number of aliphatic carboxylic acids is 1. The van der Waals surface area contributed by atoms with E-state index in [4.69, 9.17) is 5.11 Å². The molecule has 0 unspecified atom stereocenters. The van der Waals surface area contributed by atoms with Crippen LogP contribution in [0.25, 0.3) is 0 Å². The number of rotatable bonds is 9. The monoisotopic (exact) mass is 679 g/mol. The first-order valence-electron chi connectivity index (χ1n) is 14.7. The van der Waals surface area contributed by atoms with E-state index >= 15 is 0 Å². The Morgan fingerprint density at radius 3 is 1.20 bits per heavy atom. The molecule has 1 radical (unpaired) electrons. The molecule has 225 valence electrons. The Morgan fingerprint density at radius 1 is 0.610 bits per heavy atom. The zero-order chi connectivity index (χ0) is 30.2. The first kappa shape index (κ1) is 37.7. The van der Waals surface area contributed by atoms with Crippen LogP contribution in [-0.4, -0.2) is 40.4 Å². The molecule has 41 heavy (non-hydrogen) atoms. The molecule has 3 rings (SSSR count). The van der Waals surface area contributed by atoms with Crippen molar-refractivity contribution < 1.29 is 29.4 Å². The molecular weight excluding hydrogens is 628 g/mol. The normalized spacial score (nSPS) is 11.6. The quantitative estimate of drug-likeness (QED) is 0.193. The van der Waals surface area contributed by atoms with Crippen molar-refractivity contribution in [3.05, 3.63) is 78.9 Å². The van der Waals surface area contributed by atoms with Gasteiger partial charge in [0, 0.05) is 19.5 Å². The SMILES string of the molecule is CC(C)(C)C(=O)O.CC(C)P(c1ccccc1B(c1ccccc1)c1ccccc1P(C(C)C)C(C)C)C(C)C.[Rh]. The fourth-order valence-electron chi connectivity index (χ4n) is 5.41. The molecule has 0 bridgehead atoms. The summed E-state index contributed by atoms with van der Waals surface area (Å²) in [4.78, 5) is 10.0. The van der Waals surface area contributed by atoms with Crippen LogP contribution in [0.15, 0.2) is 78.9 Å². The summed E-state index contributed by atoms with van der Waals surface area (Å²) in [5, 5.41) is 11.4. The summed E-state index contributed by atoms with van der Waals surface area (Å²) in [5.41, 5.74) is 6.49. The molecule has 3 aromatic rings. The van der Waals surface area contributed by atoms with Crippen molar-refractivity contribution in [2.75, 3.05) is 0 Å². The van der Waals surface area contributed by atoms with E-state index in [0.717, 1.165) is 0 Å². The minimum absolute atomic E-state index is 0. The van der Waals surface area contributed by atoms with Crippen LogP contribution < -0.4 is 27.0 Å². The first-order valence-corrected chi connectivity index (χ1v) is 17.7. The summed E-state index contributed by atoms with van der Waals surface area (Å²) in [6.45, 7) is 24.5. The molecular formula is C35H51BO2P2Rh. The molecule has 0 saturated heterocycles. The topological polar surface area (TPSA) is 37.3 Å². The smallest absolute Gasteiger partial charge is 0.308 e. The van der Waals surface area contributed by atoms with Crippen LogP contribution in [0.5, 0.6) is 0 Å². The Labute approximate surface area is 266 Å². The van der Waals surface area contributed by atoms with Crippen LogP contribution in [0, 0.1) is 5.41 Å². The number of hydrogen-bond donors (Lipinski definition) is 1. The van der Waals surface area contributed by atoms with Gasteiger partial charge in [0.2, 0.25) is 6.71 Å². The van der Waals surface area contributed by atoms with Crippen LogP contribution >= 0.6 is 15.8 Å². The predicted octanol–water partition coefficient (Wildman–Crippen LogP) is 7.17. The van der Waals surface area contributed by atoms with Crippen molar-refractivity contribution >= 4 is 55.5 Å². The van der Waals surface area contributed by atoms with Gasteiger partial charge in [-0.3, -0.25) is 4.79 Å². The van der Waals surface area contributed by atoms with Gasteiger partial charge in [0.15, 0.2) is 0 Å². The van der Waals surface area contributed by atoms with Crippen molar-refractivity contribution in [2.24, 2.45) is 5.41 Å². The van der Waals surface area contributed by atoms with Gasteiger partial charge >= 0.3 is 5.97 Å². The summed E-state index contributed by atoms with van der Waals surface area (Å²) in [7, 11) is -0.505. The van der Waals surface area contributed by atoms with E-state index in [1.165, 1.54) is 16.4 Å². The fourth-order valence-corrected chi connectivity index (χ4v) is 11.5.